The number of aromatic nitrogens is 1. The molecule has 0 unspecified atom stereocenters. The zero-order chi connectivity index (χ0) is 10.8. The summed E-state index contributed by atoms with van der Waals surface area (Å²) in [5.74, 6) is 0.603. The second kappa shape index (κ2) is 4.04. The summed E-state index contributed by atoms with van der Waals surface area (Å²) in [6.45, 7) is 5.45. The zero-order valence-corrected chi connectivity index (χ0v) is 9.94. The van der Waals surface area contributed by atoms with Gasteiger partial charge in [0.25, 0.3) is 0 Å². The molecule has 78 valence electrons. The Morgan fingerprint density at radius 1 is 1.57 bits per heavy atom. The van der Waals surface area contributed by atoms with Crippen LogP contribution in [0.2, 0.25) is 0 Å². The van der Waals surface area contributed by atoms with Gasteiger partial charge in [-0.25, -0.2) is 4.79 Å². The molecule has 0 aliphatic heterocycles. The first-order chi connectivity index (χ1) is 6.37. The van der Waals surface area contributed by atoms with Crippen LogP contribution < -0.4 is 5.32 Å². The summed E-state index contributed by atoms with van der Waals surface area (Å²) in [6, 6.07) is 1.75. The quantitative estimate of drug-likeness (QED) is 0.815. The van der Waals surface area contributed by atoms with Gasteiger partial charge >= 0.3 is 6.09 Å². The van der Waals surface area contributed by atoms with Crippen LogP contribution in [-0.2, 0) is 4.74 Å². The number of hydrogen-bond donors (Lipinski definition) is 2. The van der Waals surface area contributed by atoms with E-state index in [4.69, 9.17) is 4.74 Å². The van der Waals surface area contributed by atoms with Crippen LogP contribution in [-0.4, -0.2) is 16.7 Å². The molecule has 1 amide bonds. The van der Waals surface area contributed by atoms with Crippen LogP contribution in [0, 0.1) is 0 Å². The third-order valence-corrected chi connectivity index (χ3v) is 1.74. The topological polar surface area (TPSA) is 54.1 Å². The zero-order valence-electron chi connectivity index (χ0n) is 8.35. The van der Waals surface area contributed by atoms with E-state index in [0.717, 1.165) is 4.47 Å². The molecule has 4 nitrogen and oxygen atoms in total. The van der Waals surface area contributed by atoms with Crippen LogP contribution in [0.25, 0.3) is 0 Å². The van der Waals surface area contributed by atoms with Gasteiger partial charge < -0.3 is 9.72 Å². The van der Waals surface area contributed by atoms with Crippen molar-refractivity contribution in [3.8, 4) is 0 Å². The molecule has 0 aromatic carbocycles. The van der Waals surface area contributed by atoms with Crippen molar-refractivity contribution in [2.24, 2.45) is 0 Å². The van der Waals surface area contributed by atoms with Crippen molar-refractivity contribution in [1.29, 1.82) is 0 Å². The number of rotatable bonds is 1. The number of H-pyrrole nitrogens is 1. The monoisotopic (exact) mass is 260 g/mol. The number of hydrogen-bond acceptors (Lipinski definition) is 2. The Balaban J connectivity index is 2.50. The Hall–Kier alpha value is -0.970. The third-order valence-electron chi connectivity index (χ3n) is 1.28. The van der Waals surface area contributed by atoms with Crippen molar-refractivity contribution < 1.29 is 9.53 Å². The van der Waals surface area contributed by atoms with E-state index in [1.54, 1.807) is 12.3 Å². The predicted molar refractivity (Wildman–Crippen MR) is 58.3 cm³/mol. The van der Waals surface area contributed by atoms with E-state index in [0.29, 0.717) is 5.82 Å². The number of amides is 1. The van der Waals surface area contributed by atoms with E-state index < -0.39 is 11.7 Å². The summed E-state index contributed by atoms with van der Waals surface area (Å²) in [5, 5.41) is 2.57. The Bertz CT molecular complexity index is 328. The Kier molecular flexibility index (Phi) is 3.21. The van der Waals surface area contributed by atoms with Crippen molar-refractivity contribution in [3.63, 3.8) is 0 Å². The molecule has 0 bridgehead atoms. The molecule has 0 saturated heterocycles. The molecule has 0 spiro atoms. The van der Waals surface area contributed by atoms with Crippen LogP contribution in [0.4, 0.5) is 10.6 Å². The summed E-state index contributed by atoms with van der Waals surface area (Å²) in [7, 11) is 0. The summed E-state index contributed by atoms with van der Waals surface area (Å²) < 4.78 is 5.94. The molecule has 1 aromatic rings. The molecule has 0 aliphatic carbocycles. The minimum atomic E-state index is -0.478. The molecule has 14 heavy (non-hydrogen) atoms. The third kappa shape index (κ3) is 3.83. The van der Waals surface area contributed by atoms with Crippen LogP contribution in [0.3, 0.4) is 0 Å². The fraction of sp³-hybridized carbons (Fsp3) is 0.444. The maximum atomic E-state index is 11.3. The summed E-state index contributed by atoms with van der Waals surface area (Å²) >= 11 is 3.26. The fourth-order valence-corrected chi connectivity index (χ4v) is 1.20. The van der Waals surface area contributed by atoms with Gasteiger partial charge in [-0.05, 0) is 42.8 Å². The van der Waals surface area contributed by atoms with Crippen molar-refractivity contribution in [2.45, 2.75) is 26.4 Å². The van der Waals surface area contributed by atoms with E-state index in [2.05, 4.69) is 26.2 Å². The lowest BCUT2D eigenvalue weighted by molar-refractivity contribution is 0.0635. The van der Waals surface area contributed by atoms with Gasteiger partial charge in [-0.2, -0.15) is 0 Å². The first-order valence-corrected chi connectivity index (χ1v) is 5.00. The molecule has 1 aromatic heterocycles. The van der Waals surface area contributed by atoms with Crippen molar-refractivity contribution in [3.05, 3.63) is 16.7 Å². The second-order valence-electron chi connectivity index (χ2n) is 3.86. The van der Waals surface area contributed by atoms with Gasteiger partial charge in [-0.15, -0.1) is 0 Å². The van der Waals surface area contributed by atoms with Crippen LogP contribution in [0.5, 0.6) is 0 Å². The first-order valence-electron chi connectivity index (χ1n) is 4.21. The lowest BCUT2D eigenvalue weighted by Gasteiger charge is -2.19. The minimum Gasteiger partial charge on any atom is -0.444 e. The largest absolute Gasteiger partial charge is 0.444 e. The average molecular weight is 261 g/mol. The standard InChI is InChI=1S/C9H13BrN2O2/c1-9(2,3)14-8(13)12-7-4-6(10)5-11-7/h4-5,11H,1-3H3,(H,12,13). The molecule has 0 atom stereocenters. The lowest BCUT2D eigenvalue weighted by atomic mass is 10.2. The molecule has 0 aliphatic rings. The number of anilines is 1. The predicted octanol–water partition coefficient (Wildman–Crippen LogP) is 3.12. The van der Waals surface area contributed by atoms with Gasteiger partial charge in [-0.3, -0.25) is 5.32 Å². The molecular weight excluding hydrogens is 248 g/mol. The maximum Gasteiger partial charge on any atom is 0.413 e. The molecule has 0 fully saturated rings. The molecular formula is C9H13BrN2O2. The van der Waals surface area contributed by atoms with E-state index in [9.17, 15) is 4.79 Å². The van der Waals surface area contributed by atoms with Gasteiger partial charge in [0.15, 0.2) is 0 Å². The summed E-state index contributed by atoms with van der Waals surface area (Å²) in [6.07, 6.45) is 1.26. The number of ether oxygens (including phenoxy) is 1. The van der Waals surface area contributed by atoms with Gasteiger partial charge in [-0.1, -0.05) is 0 Å². The number of nitrogens with one attached hydrogen (secondary N) is 2. The van der Waals surface area contributed by atoms with Crippen molar-refractivity contribution in [1.82, 2.24) is 4.98 Å². The highest BCUT2D eigenvalue weighted by Gasteiger charge is 2.16. The van der Waals surface area contributed by atoms with Crippen LogP contribution in [0.1, 0.15) is 20.8 Å². The molecule has 5 heteroatoms. The Labute approximate surface area is 91.2 Å². The Morgan fingerprint density at radius 3 is 2.64 bits per heavy atom. The molecule has 0 radical (unpaired) electrons. The van der Waals surface area contributed by atoms with Crippen molar-refractivity contribution in [2.75, 3.05) is 5.32 Å². The smallest absolute Gasteiger partial charge is 0.413 e. The highest BCUT2D eigenvalue weighted by atomic mass is 79.9. The molecule has 1 heterocycles. The number of carbonyl (C=O) groups is 1. The highest BCUT2D eigenvalue weighted by molar-refractivity contribution is 9.10. The molecule has 1 rings (SSSR count). The van der Waals surface area contributed by atoms with Crippen LogP contribution >= 0.6 is 15.9 Å². The minimum absolute atomic E-state index is 0.466. The normalized spacial score (nSPS) is 11.1. The van der Waals surface area contributed by atoms with E-state index in [1.807, 2.05) is 20.8 Å². The second-order valence-corrected chi connectivity index (χ2v) is 4.77. The SMILES string of the molecule is CC(C)(C)OC(=O)Nc1cc(Br)c[nH]1. The number of carbonyl (C=O) groups excluding carboxylic acids is 1. The molecule has 0 saturated carbocycles. The summed E-state index contributed by atoms with van der Waals surface area (Å²) in [4.78, 5) is 14.1. The highest BCUT2D eigenvalue weighted by Crippen LogP contribution is 2.15. The lowest BCUT2D eigenvalue weighted by Crippen LogP contribution is -2.27. The first kappa shape index (κ1) is 11.1. The summed E-state index contributed by atoms with van der Waals surface area (Å²) in [5.41, 5.74) is -0.478. The molecule has 2 N–H and O–H groups in total. The fourth-order valence-electron chi connectivity index (χ4n) is 0.854. The van der Waals surface area contributed by atoms with Gasteiger partial charge in [0, 0.05) is 10.7 Å². The number of halogens is 1. The Morgan fingerprint density at radius 2 is 2.21 bits per heavy atom. The van der Waals surface area contributed by atoms with Crippen LogP contribution in [0.15, 0.2) is 16.7 Å². The van der Waals surface area contributed by atoms with E-state index in [-0.39, 0.29) is 0 Å². The van der Waals surface area contributed by atoms with Crippen molar-refractivity contribution >= 4 is 27.8 Å². The number of aromatic amines is 1. The maximum absolute atomic E-state index is 11.3. The van der Waals surface area contributed by atoms with Gasteiger partial charge in [0.05, 0.1) is 0 Å². The van der Waals surface area contributed by atoms with Gasteiger partial charge in [0.2, 0.25) is 0 Å². The van der Waals surface area contributed by atoms with E-state index in [1.165, 1.54) is 0 Å². The van der Waals surface area contributed by atoms with Gasteiger partial charge in [0.1, 0.15) is 11.4 Å². The average Bonchev–Trinajstić information content (AvgIpc) is 2.30. The van der Waals surface area contributed by atoms with E-state index >= 15 is 0 Å².